The van der Waals surface area contributed by atoms with Crippen molar-refractivity contribution in [2.24, 2.45) is 16.3 Å². The molecule has 1 rings (SSSR count). The number of carbonyl (C=O) groups excluding carboxylic acids is 1. The van der Waals surface area contributed by atoms with Crippen LogP contribution < -0.4 is 5.73 Å². The Bertz CT molecular complexity index is 363. The summed E-state index contributed by atoms with van der Waals surface area (Å²) in [7, 11) is 4.05. The molecule has 0 bridgehead atoms. The van der Waals surface area contributed by atoms with Gasteiger partial charge in [0.2, 0.25) is 5.91 Å². The average molecular weight is 298 g/mol. The molecule has 21 heavy (non-hydrogen) atoms. The molecule has 0 heterocycles. The second-order valence-corrected chi connectivity index (χ2v) is 6.17. The van der Waals surface area contributed by atoms with Crippen LogP contribution in [0, 0.1) is 5.41 Å². The van der Waals surface area contributed by atoms with Gasteiger partial charge in [0.25, 0.3) is 0 Å². The number of hydrogen-bond acceptors (Lipinski definition) is 4. The zero-order chi connectivity index (χ0) is 15.9. The molecule has 1 aliphatic rings. The lowest BCUT2D eigenvalue weighted by Gasteiger charge is -2.38. The minimum absolute atomic E-state index is 0.0266. The van der Waals surface area contributed by atoms with E-state index in [1.54, 1.807) is 0 Å². The highest BCUT2D eigenvalue weighted by atomic mass is 16.4. The Labute approximate surface area is 128 Å². The largest absolute Gasteiger partial charge is 0.409 e. The van der Waals surface area contributed by atoms with E-state index < -0.39 is 5.41 Å². The van der Waals surface area contributed by atoms with Gasteiger partial charge in [0.15, 0.2) is 5.84 Å². The van der Waals surface area contributed by atoms with Gasteiger partial charge < -0.3 is 20.7 Å². The smallest absolute Gasteiger partial charge is 0.236 e. The lowest BCUT2D eigenvalue weighted by molar-refractivity contribution is -0.139. The maximum Gasteiger partial charge on any atom is 0.236 e. The van der Waals surface area contributed by atoms with Gasteiger partial charge in [0.05, 0.1) is 0 Å². The van der Waals surface area contributed by atoms with Crippen LogP contribution in [-0.4, -0.2) is 60.5 Å². The number of nitrogens with zero attached hydrogens (tertiary/aromatic N) is 3. The molecular formula is C15H30N4O2. The third-order valence-electron chi connectivity index (χ3n) is 4.42. The first kappa shape index (κ1) is 17.8. The van der Waals surface area contributed by atoms with Gasteiger partial charge in [-0.05, 0) is 46.8 Å². The summed E-state index contributed by atoms with van der Waals surface area (Å²) in [5.41, 5.74) is 5.11. The molecular weight excluding hydrogens is 268 g/mol. The number of amidine groups is 1. The van der Waals surface area contributed by atoms with Gasteiger partial charge >= 0.3 is 0 Å². The van der Waals surface area contributed by atoms with E-state index in [1.807, 2.05) is 25.9 Å². The normalized spacial score (nSPS) is 18.8. The highest BCUT2D eigenvalue weighted by Crippen LogP contribution is 2.38. The van der Waals surface area contributed by atoms with Crippen LogP contribution in [0.1, 0.15) is 45.4 Å². The molecule has 0 aliphatic heterocycles. The molecule has 3 N–H and O–H groups in total. The first-order valence-corrected chi connectivity index (χ1v) is 7.90. The molecule has 0 aromatic carbocycles. The Hall–Kier alpha value is -1.30. The van der Waals surface area contributed by atoms with Crippen molar-refractivity contribution in [3.05, 3.63) is 0 Å². The van der Waals surface area contributed by atoms with E-state index in [1.165, 1.54) is 0 Å². The molecule has 1 fully saturated rings. The fourth-order valence-corrected chi connectivity index (χ4v) is 3.11. The van der Waals surface area contributed by atoms with Gasteiger partial charge in [-0.25, -0.2) is 0 Å². The highest BCUT2D eigenvalue weighted by Gasteiger charge is 2.45. The van der Waals surface area contributed by atoms with E-state index in [-0.39, 0.29) is 11.7 Å². The van der Waals surface area contributed by atoms with Crippen LogP contribution in [0.5, 0.6) is 0 Å². The third kappa shape index (κ3) is 4.33. The SMILES string of the molecule is CCN(CCCN(C)C)C(=O)C1(C(N)=NO)CCCCC1. The van der Waals surface area contributed by atoms with Crippen LogP contribution in [0.3, 0.4) is 0 Å². The quantitative estimate of drug-likeness (QED) is 0.323. The standard InChI is InChI=1S/C15H30N4O2/c1-4-19(12-8-11-18(2)3)14(20)15(13(16)17-21)9-6-5-7-10-15/h21H,4-12H2,1-3H3,(H2,16,17). The van der Waals surface area contributed by atoms with E-state index in [0.717, 1.165) is 32.2 Å². The molecule has 1 aliphatic carbocycles. The number of nitrogens with two attached hydrogens (primary N) is 1. The molecule has 0 atom stereocenters. The molecule has 1 amide bonds. The Balaban J connectivity index is 2.82. The Kier molecular flexibility index (Phi) is 6.95. The van der Waals surface area contributed by atoms with Gasteiger partial charge in [-0.3, -0.25) is 4.79 Å². The Morgan fingerprint density at radius 2 is 1.86 bits per heavy atom. The van der Waals surface area contributed by atoms with Crippen LogP contribution in [0.4, 0.5) is 0 Å². The molecule has 0 aromatic rings. The van der Waals surface area contributed by atoms with Crippen molar-refractivity contribution in [2.75, 3.05) is 33.7 Å². The molecule has 6 heteroatoms. The summed E-state index contributed by atoms with van der Waals surface area (Å²) in [6.45, 7) is 4.30. The summed E-state index contributed by atoms with van der Waals surface area (Å²) in [5.74, 6) is 0.108. The fourth-order valence-electron chi connectivity index (χ4n) is 3.11. The van der Waals surface area contributed by atoms with Crippen molar-refractivity contribution in [1.29, 1.82) is 0 Å². The summed E-state index contributed by atoms with van der Waals surface area (Å²) in [6.07, 6.45) is 5.32. The maximum absolute atomic E-state index is 13.0. The minimum atomic E-state index is -0.791. The van der Waals surface area contributed by atoms with E-state index in [9.17, 15) is 4.79 Å². The summed E-state index contributed by atoms with van der Waals surface area (Å²) in [5, 5.41) is 12.3. The van der Waals surface area contributed by atoms with Crippen LogP contribution in [0.2, 0.25) is 0 Å². The number of amides is 1. The average Bonchev–Trinajstić information content (AvgIpc) is 2.50. The minimum Gasteiger partial charge on any atom is -0.409 e. The molecule has 0 spiro atoms. The van der Waals surface area contributed by atoms with E-state index >= 15 is 0 Å². The van der Waals surface area contributed by atoms with Crippen molar-refractivity contribution in [1.82, 2.24) is 9.80 Å². The zero-order valence-corrected chi connectivity index (χ0v) is 13.6. The van der Waals surface area contributed by atoms with Crippen LogP contribution in [0.15, 0.2) is 5.16 Å². The van der Waals surface area contributed by atoms with E-state index in [4.69, 9.17) is 10.9 Å². The lowest BCUT2D eigenvalue weighted by Crippen LogP contribution is -2.52. The van der Waals surface area contributed by atoms with Gasteiger partial charge in [0, 0.05) is 13.1 Å². The van der Waals surface area contributed by atoms with Crippen molar-refractivity contribution in [3.8, 4) is 0 Å². The first-order valence-electron chi connectivity index (χ1n) is 7.90. The molecule has 6 nitrogen and oxygen atoms in total. The predicted octanol–water partition coefficient (Wildman–Crippen LogP) is 1.48. The summed E-state index contributed by atoms with van der Waals surface area (Å²) in [4.78, 5) is 16.9. The third-order valence-corrected chi connectivity index (χ3v) is 4.42. The van der Waals surface area contributed by atoms with Crippen LogP contribution >= 0.6 is 0 Å². The molecule has 122 valence electrons. The molecule has 0 saturated heterocycles. The molecule has 0 radical (unpaired) electrons. The van der Waals surface area contributed by atoms with Gasteiger partial charge in [0.1, 0.15) is 5.41 Å². The summed E-state index contributed by atoms with van der Waals surface area (Å²) in [6, 6.07) is 0. The predicted molar refractivity (Wildman–Crippen MR) is 84.4 cm³/mol. The Morgan fingerprint density at radius 3 is 2.33 bits per heavy atom. The molecule has 1 saturated carbocycles. The van der Waals surface area contributed by atoms with Crippen molar-refractivity contribution in [2.45, 2.75) is 45.4 Å². The lowest BCUT2D eigenvalue weighted by atomic mass is 9.72. The van der Waals surface area contributed by atoms with Crippen LogP contribution in [0.25, 0.3) is 0 Å². The highest BCUT2D eigenvalue weighted by molar-refractivity contribution is 6.06. The van der Waals surface area contributed by atoms with Crippen molar-refractivity contribution < 1.29 is 10.0 Å². The molecule has 0 unspecified atom stereocenters. The zero-order valence-electron chi connectivity index (χ0n) is 13.6. The number of hydrogen-bond donors (Lipinski definition) is 2. The monoisotopic (exact) mass is 298 g/mol. The summed E-state index contributed by atoms with van der Waals surface area (Å²) < 4.78 is 0. The topological polar surface area (TPSA) is 82.2 Å². The summed E-state index contributed by atoms with van der Waals surface area (Å²) >= 11 is 0. The number of carbonyl (C=O) groups is 1. The number of oxime groups is 1. The van der Waals surface area contributed by atoms with E-state index in [2.05, 4.69) is 10.1 Å². The van der Waals surface area contributed by atoms with Crippen molar-refractivity contribution in [3.63, 3.8) is 0 Å². The second kappa shape index (κ2) is 8.22. The fraction of sp³-hybridized carbons (Fsp3) is 0.867. The van der Waals surface area contributed by atoms with Gasteiger partial charge in [-0.2, -0.15) is 0 Å². The number of rotatable bonds is 7. The van der Waals surface area contributed by atoms with Crippen LogP contribution in [-0.2, 0) is 4.79 Å². The van der Waals surface area contributed by atoms with Crippen molar-refractivity contribution >= 4 is 11.7 Å². The van der Waals surface area contributed by atoms with Gasteiger partial charge in [-0.15, -0.1) is 0 Å². The first-order chi connectivity index (χ1) is 9.97. The van der Waals surface area contributed by atoms with Gasteiger partial charge in [-0.1, -0.05) is 24.4 Å². The molecule has 0 aromatic heterocycles. The Morgan fingerprint density at radius 1 is 1.24 bits per heavy atom. The van der Waals surface area contributed by atoms with E-state index in [0.29, 0.717) is 25.9 Å². The maximum atomic E-state index is 13.0. The second-order valence-electron chi connectivity index (χ2n) is 6.17.